The van der Waals surface area contributed by atoms with E-state index in [0.29, 0.717) is 0 Å². The second-order valence-corrected chi connectivity index (χ2v) is 9.17. The first-order chi connectivity index (χ1) is 18.7. The van der Waals surface area contributed by atoms with Crippen molar-refractivity contribution in [1.82, 2.24) is 0 Å². The third-order valence-electron chi connectivity index (χ3n) is 6.31. The summed E-state index contributed by atoms with van der Waals surface area (Å²) in [7, 11) is 0. The molecule has 0 aliphatic carbocycles. The first-order valence-corrected chi connectivity index (χ1v) is 12.8. The van der Waals surface area contributed by atoms with E-state index < -0.39 is 36.8 Å². The van der Waals surface area contributed by atoms with Gasteiger partial charge in [-0.1, -0.05) is 97.1 Å². The van der Waals surface area contributed by atoms with Crippen molar-refractivity contribution in [1.29, 1.82) is 0 Å². The van der Waals surface area contributed by atoms with E-state index in [1.54, 1.807) is 6.08 Å². The summed E-state index contributed by atoms with van der Waals surface area (Å²) < 4.78 is 30.4. The van der Waals surface area contributed by atoms with Crippen LogP contribution in [0.1, 0.15) is 16.7 Å². The average molecular weight is 521 g/mol. The Morgan fingerprint density at radius 3 is 1.63 bits per heavy atom. The highest BCUT2D eigenvalue weighted by atomic mass is 16.7. The van der Waals surface area contributed by atoms with Gasteiger partial charge >= 0.3 is 0 Å². The van der Waals surface area contributed by atoms with Gasteiger partial charge in [-0.2, -0.15) is 0 Å². The standard InChI is InChI=1S/C31H36O7/c1-2-18-34-22-26(32)27-28(35-19-23-12-6-3-7-13-23)29(36-20-24-14-8-4-9-15-24)30(31(33)38-27)37-21-25-16-10-5-11-17-25/h2-17,26-33H,1,18-22H2/t26?,27-,28+,29+,30+,31+/m0/s1. The lowest BCUT2D eigenvalue weighted by molar-refractivity contribution is -0.325. The molecule has 7 heteroatoms. The first-order valence-electron chi connectivity index (χ1n) is 12.8. The van der Waals surface area contributed by atoms with Crippen LogP contribution in [0.25, 0.3) is 0 Å². The molecule has 0 radical (unpaired) electrons. The summed E-state index contributed by atoms with van der Waals surface area (Å²) in [6.45, 7) is 4.68. The Kier molecular flexibility index (Phi) is 11.0. The Morgan fingerprint density at radius 2 is 1.16 bits per heavy atom. The van der Waals surface area contributed by atoms with Gasteiger partial charge in [0.1, 0.15) is 30.5 Å². The summed E-state index contributed by atoms with van der Waals surface area (Å²) in [6.07, 6.45) is -4.12. The summed E-state index contributed by atoms with van der Waals surface area (Å²) in [4.78, 5) is 0. The molecule has 1 fully saturated rings. The summed E-state index contributed by atoms with van der Waals surface area (Å²) in [5.41, 5.74) is 2.87. The molecule has 202 valence electrons. The van der Waals surface area contributed by atoms with E-state index >= 15 is 0 Å². The van der Waals surface area contributed by atoms with Gasteiger partial charge in [-0.3, -0.25) is 0 Å². The van der Waals surface area contributed by atoms with Gasteiger partial charge < -0.3 is 33.9 Å². The van der Waals surface area contributed by atoms with Crippen molar-refractivity contribution in [3.63, 3.8) is 0 Å². The number of ether oxygens (including phenoxy) is 5. The van der Waals surface area contributed by atoms with Crippen LogP contribution in [0.3, 0.4) is 0 Å². The molecule has 2 N–H and O–H groups in total. The summed E-state index contributed by atoms with van der Waals surface area (Å²) in [6, 6.07) is 29.1. The van der Waals surface area contributed by atoms with Gasteiger partial charge in [-0.25, -0.2) is 0 Å². The number of hydrogen-bond acceptors (Lipinski definition) is 7. The number of benzene rings is 3. The zero-order valence-corrected chi connectivity index (χ0v) is 21.4. The van der Waals surface area contributed by atoms with Gasteiger partial charge in [0.05, 0.1) is 33.0 Å². The molecule has 3 aromatic carbocycles. The minimum Gasteiger partial charge on any atom is -0.388 e. The van der Waals surface area contributed by atoms with E-state index in [0.717, 1.165) is 16.7 Å². The molecule has 4 rings (SSSR count). The maximum absolute atomic E-state index is 11.1. The van der Waals surface area contributed by atoms with Gasteiger partial charge in [0, 0.05) is 0 Å². The van der Waals surface area contributed by atoms with E-state index in [1.165, 1.54) is 0 Å². The molecule has 1 unspecified atom stereocenters. The van der Waals surface area contributed by atoms with Crippen LogP contribution in [0.5, 0.6) is 0 Å². The van der Waals surface area contributed by atoms with Crippen LogP contribution < -0.4 is 0 Å². The highest BCUT2D eigenvalue weighted by Crippen LogP contribution is 2.31. The molecular weight excluding hydrogens is 484 g/mol. The van der Waals surface area contributed by atoms with Crippen LogP contribution in [-0.4, -0.2) is 60.2 Å². The van der Waals surface area contributed by atoms with Crippen molar-refractivity contribution in [2.45, 2.75) is 56.6 Å². The maximum atomic E-state index is 11.1. The number of aliphatic hydroxyl groups excluding tert-OH is 2. The number of aliphatic hydroxyl groups is 2. The SMILES string of the molecule is C=CCOCC(O)[C@@H]1O[C@@H](O)[C@H](OCc2ccccc2)[C@H](OCc2ccccc2)[C@@H]1OCc1ccccc1. The predicted molar refractivity (Wildman–Crippen MR) is 143 cm³/mol. The molecule has 0 bridgehead atoms. The molecule has 0 amide bonds. The monoisotopic (exact) mass is 520 g/mol. The van der Waals surface area contributed by atoms with Gasteiger partial charge in [0.2, 0.25) is 0 Å². The van der Waals surface area contributed by atoms with E-state index in [-0.39, 0.29) is 33.0 Å². The molecule has 0 aromatic heterocycles. The van der Waals surface area contributed by atoms with Crippen LogP contribution >= 0.6 is 0 Å². The van der Waals surface area contributed by atoms with E-state index in [1.807, 2.05) is 91.0 Å². The summed E-state index contributed by atoms with van der Waals surface area (Å²) in [5.74, 6) is 0. The topological polar surface area (TPSA) is 86.6 Å². The normalized spacial score (nSPS) is 24.1. The van der Waals surface area contributed by atoms with Gasteiger partial charge in [-0.15, -0.1) is 6.58 Å². The van der Waals surface area contributed by atoms with Crippen LogP contribution in [0.4, 0.5) is 0 Å². The second kappa shape index (κ2) is 14.9. The fourth-order valence-corrected chi connectivity index (χ4v) is 4.39. The Hall–Kier alpha value is -2.88. The highest BCUT2D eigenvalue weighted by Gasteiger charge is 2.50. The lowest BCUT2D eigenvalue weighted by Gasteiger charge is -2.45. The Balaban J connectivity index is 1.58. The Bertz CT molecular complexity index is 1060. The molecular formula is C31H36O7. The molecule has 3 aromatic rings. The zero-order chi connectivity index (χ0) is 26.6. The van der Waals surface area contributed by atoms with Crippen molar-refractivity contribution >= 4 is 0 Å². The van der Waals surface area contributed by atoms with Crippen molar-refractivity contribution in [3.8, 4) is 0 Å². The predicted octanol–water partition coefficient (Wildman–Crippen LogP) is 4.02. The van der Waals surface area contributed by atoms with Crippen LogP contribution in [-0.2, 0) is 43.5 Å². The number of hydrogen-bond donors (Lipinski definition) is 2. The van der Waals surface area contributed by atoms with Crippen molar-refractivity contribution in [3.05, 3.63) is 120 Å². The van der Waals surface area contributed by atoms with Gasteiger partial charge in [0.15, 0.2) is 6.29 Å². The van der Waals surface area contributed by atoms with Crippen molar-refractivity contribution < 1.29 is 33.9 Å². The second-order valence-electron chi connectivity index (χ2n) is 9.17. The largest absolute Gasteiger partial charge is 0.388 e. The lowest BCUT2D eigenvalue weighted by atomic mass is 9.94. The Morgan fingerprint density at radius 1 is 0.711 bits per heavy atom. The molecule has 1 saturated heterocycles. The average Bonchev–Trinajstić information content (AvgIpc) is 2.96. The zero-order valence-electron chi connectivity index (χ0n) is 21.4. The molecule has 1 aliphatic heterocycles. The van der Waals surface area contributed by atoms with Gasteiger partial charge in [0.25, 0.3) is 0 Å². The molecule has 1 aliphatic rings. The minimum absolute atomic E-state index is 0.0183. The lowest BCUT2D eigenvalue weighted by Crippen LogP contribution is -2.63. The molecule has 1 heterocycles. The van der Waals surface area contributed by atoms with E-state index in [4.69, 9.17) is 23.7 Å². The van der Waals surface area contributed by atoms with Crippen molar-refractivity contribution in [2.75, 3.05) is 13.2 Å². The summed E-state index contributed by atoms with van der Waals surface area (Å²) >= 11 is 0. The number of rotatable bonds is 14. The smallest absolute Gasteiger partial charge is 0.184 e. The van der Waals surface area contributed by atoms with Crippen molar-refractivity contribution in [2.24, 2.45) is 0 Å². The molecule has 38 heavy (non-hydrogen) atoms. The van der Waals surface area contributed by atoms with E-state index in [9.17, 15) is 10.2 Å². The molecule has 7 nitrogen and oxygen atoms in total. The fraction of sp³-hybridized carbons (Fsp3) is 0.355. The minimum atomic E-state index is -1.35. The van der Waals surface area contributed by atoms with Crippen LogP contribution in [0, 0.1) is 0 Å². The third-order valence-corrected chi connectivity index (χ3v) is 6.31. The van der Waals surface area contributed by atoms with Gasteiger partial charge in [-0.05, 0) is 16.7 Å². The van der Waals surface area contributed by atoms with Crippen LogP contribution in [0.2, 0.25) is 0 Å². The summed E-state index contributed by atoms with van der Waals surface area (Å²) in [5, 5.41) is 22.1. The highest BCUT2D eigenvalue weighted by molar-refractivity contribution is 5.15. The fourth-order valence-electron chi connectivity index (χ4n) is 4.39. The quantitative estimate of drug-likeness (QED) is 0.245. The Labute approximate surface area is 224 Å². The molecule has 0 spiro atoms. The first kappa shape index (κ1) is 28.1. The third kappa shape index (κ3) is 8.06. The molecule has 0 saturated carbocycles. The molecule has 6 atom stereocenters. The van der Waals surface area contributed by atoms with E-state index in [2.05, 4.69) is 6.58 Å². The van der Waals surface area contributed by atoms with Crippen LogP contribution in [0.15, 0.2) is 104 Å². The maximum Gasteiger partial charge on any atom is 0.184 e.